The molecule has 0 saturated carbocycles. The second-order valence-corrected chi connectivity index (χ2v) is 6.64. The largest absolute Gasteiger partial charge is 0.378 e. The molecule has 0 fully saturated rings. The first kappa shape index (κ1) is 19.1. The molecule has 28 heavy (non-hydrogen) atoms. The van der Waals surface area contributed by atoms with Gasteiger partial charge in [0, 0.05) is 25.3 Å². The first-order chi connectivity index (χ1) is 13.3. The van der Waals surface area contributed by atoms with E-state index in [2.05, 4.69) is 15.6 Å². The Morgan fingerprint density at radius 1 is 1.14 bits per heavy atom. The smallest absolute Gasteiger partial charge is 0.270 e. The first-order valence-electron chi connectivity index (χ1n) is 8.76. The molecule has 0 aliphatic carbocycles. The maximum atomic E-state index is 12.6. The number of hydrogen-bond acceptors (Lipinski definition) is 5. The van der Waals surface area contributed by atoms with Gasteiger partial charge in [0.25, 0.3) is 11.8 Å². The lowest BCUT2D eigenvalue weighted by atomic mass is 10.1. The number of anilines is 1. The van der Waals surface area contributed by atoms with Crippen LogP contribution < -0.4 is 16.0 Å². The molecular weight excluding hydrogens is 356 g/mol. The van der Waals surface area contributed by atoms with Crippen molar-refractivity contribution in [1.29, 1.82) is 0 Å². The van der Waals surface area contributed by atoms with Crippen LogP contribution in [-0.4, -0.2) is 40.9 Å². The molecule has 2 amide bonds. The van der Waals surface area contributed by atoms with Crippen molar-refractivity contribution >= 4 is 17.5 Å². The second-order valence-electron chi connectivity index (χ2n) is 6.64. The number of carbonyl (C=O) groups is 2. The van der Waals surface area contributed by atoms with Crippen LogP contribution in [0.4, 0.5) is 5.69 Å². The third kappa shape index (κ3) is 4.17. The number of hydrogen-bond donors (Lipinski definition) is 2. The summed E-state index contributed by atoms with van der Waals surface area (Å²) in [5.41, 5.74) is 8.54. The Morgan fingerprint density at radius 3 is 2.46 bits per heavy atom. The van der Waals surface area contributed by atoms with E-state index in [9.17, 15) is 9.59 Å². The van der Waals surface area contributed by atoms with E-state index >= 15 is 0 Å². The molecule has 3 N–H and O–H groups in total. The summed E-state index contributed by atoms with van der Waals surface area (Å²) in [6.45, 7) is 1.92. The fourth-order valence-electron chi connectivity index (χ4n) is 2.71. The molecule has 1 unspecified atom stereocenters. The Balaban J connectivity index is 1.70. The first-order valence-corrected chi connectivity index (χ1v) is 8.76. The number of nitrogens with one attached hydrogen (secondary N) is 1. The molecule has 0 aliphatic heterocycles. The fourth-order valence-corrected chi connectivity index (χ4v) is 2.71. The summed E-state index contributed by atoms with van der Waals surface area (Å²) in [6, 6.07) is 14.7. The Hall–Kier alpha value is -3.68. The Morgan fingerprint density at radius 2 is 1.86 bits per heavy atom. The highest BCUT2D eigenvalue weighted by atomic mass is 16.2. The molecule has 2 aromatic carbocycles. The molecule has 0 radical (unpaired) electrons. The number of amides is 2. The molecule has 0 bridgehead atoms. The zero-order valence-corrected chi connectivity index (χ0v) is 16.0. The predicted molar refractivity (Wildman–Crippen MR) is 107 cm³/mol. The average Bonchev–Trinajstić information content (AvgIpc) is 3.18. The molecule has 3 aromatic rings. The molecule has 3 rings (SSSR count). The number of rotatable bonds is 6. The lowest BCUT2D eigenvalue weighted by molar-refractivity contribution is 0.0938. The molecule has 0 aliphatic rings. The highest BCUT2D eigenvalue weighted by Gasteiger charge is 2.13. The minimum absolute atomic E-state index is 0.102. The van der Waals surface area contributed by atoms with E-state index in [0.29, 0.717) is 5.56 Å². The van der Waals surface area contributed by atoms with Crippen LogP contribution in [0.1, 0.15) is 39.4 Å². The summed E-state index contributed by atoms with van der Waals surface area (Å²) in [4.78, 5) is 25.6. The van der Waals surface area contributed by atoms with Gasteiger partial charge in [-0.1, -0.05) is 23.4 Å². The van der Waals surface area contributed by atoms with Gasteiger partial charge in [0.05, 0.1) is 17.9 Å². The third-order valence-electron chi connectivity index (χ3n) is 4.38. The lowest BCUT2D eigenvalue weighted by Crippen LogP contribution is -2.26. The number of primary amides is 1. The van der Waals surface area contributed by atoms with Gasteiger partial charge in [-0.2, -0.15) is 0 Å². The average molecular weight is 378 g/mol. The fraction of sp³-hybridized carbons (Fsp3) is 0.200. The highest BCUT2D eigenvalue weighted by molar-refractivity contribution is 5.95. The van der Waals surface area contributed by atoms with Crippen molar-refractivity contribution in [1.82, 2.24) is 20.3 Å². The topological polar surface area (TPSA) is 106 Å². The van der Waals surface area contributed by atoms with Crippen LogP contribution in [0, 0.1) is 0 Å². The van der Waals surface area contributed by atoms with Crippen molar-refractivity contribution in [2.24, 2.45) is 5.73 Å². The minimum atomic E-state index is -0.627. The number of nitrogens with zero attached hydrogens (tertiary/aromatic N) is 4. The summed E-state index contributed by atoms with van der Waals surface area (Å²) >= 11 is 0. The summed E-state index contributed by atoms with van der Waals surface area (Å²) < 4.78 is 1.47. The maximum absolute atomic E-state index is 12.6. The summed E-state index contributed by atoms with van der Waals surface area (Å²) in [7, 11) is 3.87. The van der Waals surface area contributed by atoms with Gasteiger partial charge in [0.15, 0.2) is 5.69 Å². The Kier molecular flexibility index (Phi) is 5.39. The monoisotopic (exact) mass is 378 g/mol. The van der Waals surface area contributed by atoms with Gasteiger partial charge in [-0.25, -0.2) is 4.68 Å². The van der Waals surface area contributed by atoms with Crippen LogP contribution in [0.3, 0.4) is 0 Å². The van der Waals surface area contributed by atoms with Crippen molar-refractivity contribution in [3.63, 3.8) is 0 Å². The molecule has 8 heteroatoms. The molecule has 0 saturated heterocycles. The lowest BCUT2D eigenvalue weighted by Gasteiger charge is -2.17. The number of nitrogens with two attached hydrogens (primary N) is 1. The molecule has 1 atom stereocenters. The van der Waals surface area contributed by atoms with Gasteiger partial charge in [-0.3, -0.25) is 9.59 Å². The van der Waals surface area contributed by atoms with E-state index in [0.717, 1.165) is 16.9 Å². The standard InChI is InChI=1S/C20H22N6O2/c1-13(22-20(28)15-5-4-6-17(11-15)25(2)3)14-7-9-16(10-8-14)26-12-18(19(21)27)23-24-26/h4-13H,1-3H3,(H2,21,27)(H,22,28). The van der Waals surface area contributed by atoms with Gasteiger partial charge in [-0.05, 0) is 42.8 Å². The van der Waals surface area contributed by atoms with E-state index in [1.807, 2.05) is 68.4 Å². The van der Waals surface area contributed by atoms with Crippen molar-refractivity contribution in [3.05, 3.63) is 71.5 Å². The Labute approximate surface area is 163 Å². The van der Waals surface area contributed by atoms with Gasteiger partial charge >= 0.3 is 0 Å². The molecular formula is C20H22N6O2. The molecule has 0 spiro atoms. The van der Waals surface area contributed by atoms with Crippen LogP contribution in [0.5, 0.6) is 0 Å². The van der Waals surface area contributed by atoms with Gasteiger partial charge in [-0.15, -0.1) is 5.10 Å². The van der Waals surface area contributed by atoms with Crippen molar-refractivity contribution in [2.45, 2.75) is 13.0 Å². The maximum Gasteiger partial charge on any atom is 0.270 e. The zero-order chi connectivity index (χ0) is 20.3. The van der Waals surface area contributed by atoms with Crippen LogP contribution in [0.15, 0.2) is 54.7 Å². The Bertz CT molecular complexity index is 994. The SMILES string of the molecule is CC(NC(=O)c1cccc(N(C)C)c1)c1ccc(-n2cc(C(N)=O)nn2)cc1. The number of benzene rings is 2. The normalized spacial score (nSPS) is 11.7. The summed E-state index contributed by atoms with van der Waals surface area (Å²) in [5.74, 6) is -0.764. The van der Waals surface area contributed by atoms with Crippen molar-refractivity contribution in [2.75, 3.05) is 19.0 Å². The minimum Gasteiger partial charge on any atom is -0.378 e. The van der Waals surface area contributed by atoms with Crippen LogP contribution in [0.2, 0.25) is 0 Å². The molecule has 1 aromatic heterocycles. The van der Waals surface area contributed by atoms with E-state index < -0.39 is 5.91 Å². The quantitative estimate of drug-likeness (QED) is 0.682. The number of carbonyl (C=O) groups excluding carboxylic acids is 2. The van der Waals surface area contributed by atoms with Gasteiger partial charge in [0.2, 0.25) is 0 Å². The van der Waals surface area contributed by atoms with E-state index in [1.54, 1.807) is 6.07 Å². The molecule has 144 valence electrons. The molecule has 8 nitrogen and oxygen atoms in total. The van der Waals surface area contributed by atoms with Crippen molar-refractivity contribution in [3.8, 4) is 5.69 Å². The van der Waals surface area contributed by atoms with E-state index in [-0.39, 0.29) is 17.6 Å². The highest BCUT2D eigenvalue weighted by Crippen LogP contribution is 2.18. The van der Waals surface area contributed by atoms with E-state index in [4.69, 9.17) is 5.73 Å². The van der Waals surface area contributed by atoms with Crippen LogP contribution >= 0.6 is 0 Å². The zero-order valence-electron chi connectivity index (χ0n) is 16.0. The predicted octanol–water partition coefficient (Wildman–Crippen LogP) is 1.92. The van der Waals surface area contributed by atoms with Crippen LogP contribution in [-0.2, 0) is 0 Å². The summed E-state index contributed by atoms with van der Waals surface area (Å²) in [5, 5.41) is 10.6. The number of aromatic nitrogens is 3. The third-order valence-corrected chi connectivity index (χ3v) is 4.38. The van der Waals surface area contributed by atoms with Gasteiger partial charge in [0.1, 0.15) is 0 Å². The summed E-state index contributed by atoms with van der Waals surface area (Å²) in [6.07, 6.45) is 1.47. The van der Waals surface area contributed by atoms with Gasteiger partial charge < -0.3 is 16.0 Å². The van der Waals surface area contributed by atoms with E-state index in [1.165, 1.54) is 10.9 Å². The second kappa shape index (κ2) is 7.91. The van der Waals surface area contributed by atoms with Crippen molar-refractivity contribution < 1.29 is 9.59 Å². The molecule has 1 heterocycles. The van der Waals surface area contributed by atoms with Crippen LogP contribution in [0.25, 0.3) is 5.69 Å².